The van der Waals surface area contributed by atoms with Gasteiger partial charge < -0.3 is 4.74 Å². The molecule has 0 N–H and O–H groups in total. The first-order chi connectivity index (χ1) is 12.3. The van der Waals surface area contributed by atoms with E-state index < -0.39 is 0 Å². The van der Waals surface area contributed by atoms with Gasteiger partial charge in [0.25, 0.3) is 0 Å². The number of hydrogen-bond donors (Lipinski definition) is 0. The Labute approximate surface area is 164 Å². The fourth-order valence-corrected chi connectivity index (χ4v) is 4.23. The van der Waals surface area contributed by atoms with Crippen molar-refractivity contribution in [1.82, 2.24) is 0 Å². The molecule has 1 heterocycles. The maximum atomic E-state index is 13.0. The SMILES string of the molecule is Cc1cc(C2C(=O)Oc3c2cc(C)cc3C(C)(C)C)c(C)c(C(C)(C)C)c1. The minimum Gasteiger partial charge on any atom is -0.425 e. The number of carbonyl (C=O) groups excluding carboxylic acids is 1. The van der Waals surface area contributed by atoms with Gasteiger partial charge in [0, 0.05) is 11.1 Å². The summed E-state index contributed by atoms with van der Waals surface area (Å²) >= 11 is 0. The van der Waals surface area contributed by atoms with Crippen LogP contribution in [0.2, 0.25) is 0 Å². The van der Waals surface area contributed by atoms with E-state index in [-0.39, 0.29) is 22.7 Å². The van der Waals surface area contributed by atoms with E-state index in [9.17, 15) is 4.79 Å². The van der Waals surface area contributed by atoms with E-state index in [1.54, 1.807) is 0 Å². The van der Waals surface area contributed by atoms with Crippen LogP contribution in [0, 0.1) is 20.8 Å². The van der Waals surface area contributed by atoms with E-state index in [4.69, 9.17) is 4.74 Å². The summed E-state index contributed by atoms with van der Waals surface area (Å²) in [7, 11) is 0. The number of hydrogen-bond acceptors (Lipinski definition) is 2. The number of esters is 1. The van der Waals surface area contributed by atoms with Gasteiger partial charge in [-0.3, -0.25) is 4.79 Å². The predicted molar refractivity (Wildman–Crippen MR) is 112 cm³/mol. The molecular formula is C25H32O2. The lowest BCUT2D eigenvalue weighted by Gasteiger charge is -2.26. The molecule has 1 aliphatic heterocycles. The molecule has 2 nitrogen and oxygen atoms in total. The number of aryl methyl sites for hydroxylation is 2. The maximum Gasteiger partial charge on any atom is 0.323 e. The van der Waals surface area contributed by atoms with Gasteiger partial charge in [-0.15, -0.1) is 0 Å². The van der Waals surface area contributed by atoms with Crippen LogP contribution >= 0.6 is 0 Å². The zero-order valence-corrected chi connectivity index (χ0v) is 18.2. The molecule has 144 valence electrons. The molecular weight excluding hydrogens is 332 g/mol. The van der Waals surface area contributed by atoms with Crippen LogP contribution in [-0.4, -0.2) is 5.97 Å². The summed E-state index contributed by atoms with van der Waals surface area (Å²) in [4.78, 5) is 13.0. The Morgan fingerprint density at radius 3 is 1.74 bits per heavy atom. The number of ether oxygens (including phenoxy) is 1. The van der Waals surface area contributed by atoms with Crippen LogP contribution in [0.5, 0.6) is 5.75 Å². The molecule has 0 saturated heterocycles. The molecule has 0 saturated carbocycles. The van der Waals surface area contributed by atoms with Crippen molar-refractivity contribution in [2.45, 2.75) is 79.1 Å². The van der Waals surface area contributed by atoms with Crippen LogP contribution < -0.4 is 4.74 Å². The molecule has 2 aromatic rings. The van der Waals surface area contributed by atoms with Crippen LogP contribution in [0.15, 0.2) is 24.3 Å². The Morgan fingerprint density at radius 1 is 0.741 bits per heavy atom. The normalized spacial score (nSPS) is 17.1. The fraction of sp³-hybridized carbons (Fsp3) is 0.480. The Balaban J connectivity index is 2.28. The maximum absolute atomic E-state index is 13.0. The van der Waals surface area contributed by atoms with Gasteiger partial charge in [0.15, 0.2) is 0 Å². The minimum absolute atomic E-state index is 0.0271. The molecule has 27 heavy (non-hydrogen) atoms. The monoisotopic (exact) mass is 364 g/mol. The third kappa shape index (κ3) is 3.42. The zero-order valence-electron chi connectivity index (χ0n) is 18.2. The summed E-state index contributed by atoms with van der Waals surface area (Å²) in [6.45, 7) is 19.5. The number of carbonyl (C=O) groups is 1. The highest BCUT2D eigenvalue weighted by atomic mass is 16.5. The van der Waals surface area contributed by atoms with E-state index in [1.807, 2.05) is 0 Å². The van der Waals surface area contributed by atoms with E-state index in [0.29, 0.717) is 0 Å². The Bertz CT molecular complexity index is 921. The topological polar surface area (TPSA) is 26.3 Å². The summed E-state index contributed by atoms with van der Waals surface area (Å²) in [6.07, 6.45) is 0. The van der Waals surface area contributed by atoms with Crippen molar-refractivity contribution in [2.75, 3.05) is 0 Å². The molecule has 0 spiro atoms. The number of benzene rings is 2. The minimum atomic E-state index is -0.345. The Morgan fingerprint density at radius 2 is 1.22 bits per heavy atom. The van der Waals surface area contributed by atoms with Crippen LogP contribution in [0.1, 0.15) is 86.4 Å². The van der Waals surface area contributed by atoms with Crippen molar-refractivity contribution in [2.24, 2.45) is 0 Å². The lowest BCUT2D eigenvalue weighted by atomic mass is 9.77. The molecule has 1 atom stereocenters. The second-order valence-electron chi connectivity index (χ2n) is 10.1. The van der Waals surface area contributed by atoms with Crippen molar-refractivity contribution in [1.29, 1.82) is 0 Å². The molecule has 3 rings (SSSR count). The molecule has 1 unspecified atom stereocenters. The fourth-order valence-electron chi connectivity index (χ4n) is 4.23. The predicted octanol–water partition coefficient (Wildman–Crippen LogP) is 6.26. The summed E-state index contributed by atoms with van der Waals surface area (Å²) in [6, 6.07) is 8.68. The van der Waals surface area contributed by atoms with Crippen molar-refractivity contribution in [3.8, 4) is 5.75 Å². The van der Waals surface area contributed by atoms with Crippen molar-refractivity contribution in [3.05, 3.63) is 63.2 Å². The van der Waals surface area contributed by atoms with Gasteiger partial charge in [-0.25, -0.2) is 0 Å². The summed E-state index contributed by atoms with van der Waals surface area (Å²) in [5.41, 5.74) is 7.99. The molecule has 1 aliphatic rings. The van der Waals surface area contributed by atoms with Gasteiger partial charge in [-0.2, -0.15) is 0 Å². The first-order valence-electron chi connectivity index (χ1n) is 9.79. The van der Waals surface area contributed by atoms with Gasteiger partial charge in [0.1, 0.15) is 11.7 Å². The molecule has 2 heteroatoms. The molecule has 0 amide bonds. The van der Waals surface area contributed by atoms with Crippen LogP contribution in [-0.2, 0) is 15.6 Å². The van der Waals surface area contributed by atoms with Crippen LogP contribution in [0.25, 0.3) is 0 Å². The van der Waals surface area contributed by atoms with Gasteiger partial charge in [-0.05, 0) is 48.3 Å². The standard InChI is InChI=1S/C25H32O2/c1-14-10-17(16(3)19(12-14)24(4,5)6)21-18-11-15(2)13-20(25(7,8)9)22(18)27-23(21)26/h10-13,21H,1-9H3. The third-order valence-electron chi connectivity index (χ3n) is 5.53. The average molecular weight is 365 g/mol. The largest absolute Gasteiger partial charge is 0.425 e. The molecule has 0 aromatic heterocycles. The third-order valence-corrected chi connectivity index (χ3v) is 5.53. The average Bonchev–Trinajstić information content (AvgIpc) is 2.82. The Kier molecular flexibility index (Phi) is 4.53. The first-order valence-corrected chi connectivity index (χ1v) is 9.79. The summed E-state index contributed by atoms with van der Waals surface area (Å²) in [5.74, 6) is 0.262. The Hall–Kier alpha value is -2.09. The molecule has 0 radical (unpaired) electrons. The number of fused-ring (bicyclic) bond motifs is 1. The van der Waals surface area contributed by atoms with Gasteiger partial charge in [0.05, 0.1) is 0 Å². The van der Waals surface area contributed by atoms with E-state index in [2.05, 4.69) is 86.6 Å². The highest BCUT2D eigenvalue weighted by Crippen LogP contribution is 2.47. The first kappa shape index (κ1) is 19.7. The quantitative estimate of drug-likeness (QED) is 0.441. The zero-order chi connectivity index (χ0) is 20.3. The van der Waals surface area contributed by atoms with E-state index in [0.717, 1.165) is 22.4 Å². The highest BCUT2D eigenvalue weighted by Gasteiger charge is 2.39. The molecule has 0 aliphatic carbocycles. The second kappa shape index (κ2) is 6.22. The summed E-state index contributed by atoms with van der Waals surface area (Å²) < 4.78 is 5.87. The highest BCUT2D eigenvalue weighted by molar-refractivity contribution is 5.91. The van der Waals surface area contributed by atoms with Crippen molar-refractivity contribution >= 4 is 5.97 Å². The van der Waals surface area contributed by atoms with Crippen molar-refractivity contribution in [3.63, 3.8) is 0 Å². The van der Waals surface area contributed by atoms with E-state index >= 15 is 0 Å². The number of rotatable bonds is 1. The second-order valence-corrected chi connectivity index (χ2v) is 10.1. The van der Waals surface area contributed by atoms with Gasteiger partial charge >= 0.3 is 5.97 Å². The van der Waals surface area contributed by atoms with Crippen LogP contribution in [0.4, 0.5) is 0 Å². The van der Waals surface area contributed by atoms with Gasteiger partial charge in [0.2, 0.25) is 0 Å². The smallest absolute Gasteiger partial charge is 0.323 e. The summed E-state index contributed by atoms with van der Waals surface area (Å²) in [5, 5.41) is 0. The lowest BCUT2D eigenvalue weighted by molar-refractivity contribution is -0.133. The molecule has 0 bridgehead atoms. The van der Waals surface area contributed by atoms with Crippen LogP contribution in [0.3, 0.4) is 0 Å². The van der Waals surface area contributed by atoms with Crippen molar-refractivity contribution < 1.29 is 9.53 Å². The molecule has 2 aromatic carbocycles. The molecule has 0 fully saturated rings. The lowest BCUT2D eigenvalue weighted by Crippen LogP contribution is -2.18. The van der Waals surface area contributed by atoms with Gasteiger partial charge in [-0.1, -0.05) is 76.9 Å². The van der Waals surface area contributed by atoms with E-state index in [1.165, 1.54) is 22.3 Å².